The van der Waals surface area contributed by atoms with Crippen molar-refractivity contribution in [2.45, 2.75) is 6.10 Å². The number of nitrogens with one attached hydrogen (secondary N) is 1. The van der Waals surface area contributed by atoms with Gasteiger partial charge in [0, 0.05) is 32.4 Å². The molecule has 11 nitrogen and oxygen atoms in total. The number of amides is 1. The third-order valence-corrected chi connectivity index (χ3v) is 5.43. The minimum Gasteiger partial charge on any atom is -0.389 e. The summed E-state index contributed by atoms with van der Waals surface area (Å²) in [7, 11) is 1.38. The number of hydrogen-bond acceptors (Lipinski definition) is 8. The van der Waals surface area contributed by atoms with E-state index < -0.39 is 46.3 Å². The second kappa shape index (κ2) is 8.79. The van der Waals surface area contributed by atoms with E-state index in [1.54, 1.807) is 0 Å². The number of hydrogen-bond donors (Lipinski definition) is 3. The molecule has 1 saturated heterocycles. The SMILES string of the molecule is CN/N=N\N(C=O)c1cn(-c2nc(N)c(F)cc2F)c2c(Cl)c(N3CC(O)C3)c(F)cc2c1=O. The summed E-state index contributed by atoms with van der Waals surface area (Å²) in [5.74, 6) is -4.44. The van der Waals surface area contributed by atoms with Crippen LogP contribution in [0.15, 0.2) is 33.6 Å². The van der Waals surface area contributed by atoms with Gasteiger partial charge in [0.05, 0.1) is 27.7 Å². The molecule has 3 heterocycles. The van der Waals surface area contributed by atoms with E-state index in [1.807, 2.05) is 0 Å². The zero-order chi connectivity index (χ0) is 24.7. The summed E-state index contributed by atoms with van der Waals surface area (Å²) in [4.78, 5) is 29.9. The molecule has 0 radical (unpaired) electrons. The maximum Gasteiger partial charge on any atom is 0.236 e. The van der Waals surface area contributed by atoms with Gasteiger partial charge in [-0.25, -0.2) is 18.2 Å². The van der Waals surface area contributed by atoms with Crippen LogP contribution in [0.5, 0.6) is 0 Å². The molecule has 0 bridgehead atoms. The van der Waals surface area contributed by atoms with Gasteiger partial charge in [-0.3, -0.25) is 19.6 Å². The highest BCUT2D eigenvalue weighted by Crippen LogP contribution is 2.39. The van der Waals surface area contributed by atoms with Gasteiger partial charge in [-0.1, -0.05) is 16.8 Å². The van der Waals surface area contributed by atoms with Crippen molar-refractivity contribution in [1.29, 1.82) is 0 Å². The number of aromatic nitrogens is 2. The molecule has 1 fully saturated rings. The van der Waals surface area contributed by atoms with Crippen molar-refractivity contribution in [3.05, 3.63) is 51.0 Å². The van der Waals surface area contributed by atoms with Crippen LogP contribution in [-0.2, 0) is 4.79 Å². The number of carbonyl (C=O) groups is 1. The standard InChI is InChI=1S/C19H16ClF3N8O3/c1-25-27-28-31(7-32)13-6-30(19-12(23)3-11(22)18(24)26-19)15-9(17(13)34)2-10(21)16(14(15)20)29-4-8(33)5-29/h2-3,6-8,33H,4-5H2,1H3,(H2,24,26)(H,25,28). The van der Waals surface area contributed by atoms with Crippen molar-refractivity contribution >= 4 is 46.1 Å². The fraction of sp³-hybridized carbons (Fsp3) is 0.211. The number of nitrogen functional groups attached to an aromatic ring is 1. The van der Waals surface area contributed by atoms with Crippen molar-refractivity contribution in [1.82, 2.24) is 15.0 Å². The van der Waals surface area contributed by atoms with Crippen molar-refractivity contribution in [2.24, 2.45) is 10.4 Å². The molecule has 0 unspecified atom stereocenters. The Morgan fingerprint density at radius 3 is 2.62 bits per heavy atom. The van der Waals surface area contributed by atoms with Gasteiger partial charge in [-0.05, 0) is 11.3 Å². The predicted molar refractivity (Wildman–Crippen MR) is 117 cm³/mol. The lowest BCUT2D eigenvalue weighted by atomic mass is 10.1. The largest absolute Gasteiger partial charge is 0.389 e. The predicted octanol–water partition coefficient (Wildman–Crippen LogP) is 1.68. The first-order chi connectivity index (χ1) is 16.2. The number of aliphatic hydroxyl groups is 1. The normalized spacial score (nSPS) is 14.0. The minimum absolute atomic E-state index is 0.0733. The molecule has 1 aliphatic rings. The minimum atomic E-state index is -1.18. The molecule has 2 aromatic heterocycles. The Morgan fingerprint density at radius 1 is 1.29 bits per heavy atom. The van der Waals surface area contributed by atoms with Gasteiger partial charge in [0.1, 0.15) is 11.5 Å². The van der Waals surface area contributed by atoms with Crippen LogP contribution < -0.4 is 26.5 Å². The van der Waals surface area contributed by atoms with Crippen LogP contribution in [0, 0.1) is 17.5 Å². The first-order valence-corrected chi connectivity index (χ1v) is 9.99. The molecular weight excluding hydrogens is 481 g/mol. The Morgan fingerprint density at radius 2 is 2.00 bits per heavy atom. The number of nitrogens with zero attached hydrogens (tertiary/aromatic N) is 6. The Bertz CT molecular complexity index is 1390. The topological polar surface area (TPSA) is 141 Å². The molecule has 15 heteroatoms. The number of aliphatic hydroxyl groups excluding tert-OH is 1. The van der Waals surface area contributed by atoms with Gasteiger partial charge in [-0.15, -0.1) is 0 Å². The molecule has 34 heavy (non-hydrogen) atoms. The molecule has 1 aromatic carbocycles. The number of benzene rings is 1. The third-order valence-electron chi connectivity index (χ3n) is 5.07. The highest BCUT2D eigenvalue weighted by molar-refractivity contribution is 6.38. The molecule has 1 amide bonds. The second-order valence-electron chi connectivity index (χ2n) is 7.21. The Kier molecular flexibility index (Phi) is 6.01. The molecular formula is C19H16ClF3N8O3. The van der Waals surface area contributed by atoms with Crippen LogP contribution in [-0.4, -0.2) is 47.3 Å². The average Bonchev–Trinajstić information content (AvgIpc) is 2.77. The van der Waals surface area contributed by atoms with Gasteiger partial charge in [0.2, 0.25) is 11.8 Å². The zero-order valence-electron chi connectivity index (χ0n) is 17.3. The van der Waals surface area contributed by atoms with Gasteiger partial charge in [0.15, 0.2) is 23.3 Å². The van der Waals surface area contributed by atoms with Gasteiger partial charge in [0.25, 0.3) is 0 Å². The number of fused-ring (bicyclic) bond motifs is 1. The lowest BCUT2D eigenvalue weighted by Crippen LogP contribution is -2.51. The van der Waals surface area contributed by atoms with Crippen LogP contribution in [0.4, 0.5) is 30.4 Å². The van der Waals surface area contributed by atoms with Crippen molar-refractivity contribution in [3.8, 4) is 5.82 Å². The van der Waals surface area contributed by atoms with Gasteiger partial charge < -0.3 is 15.7 Å². The van der Waals surface area contributed by atoms with Crippen LogP contribution in [0.2, 0.25) is 5.02 Å². The monoisotopic (exact) mass is 496 g/mol. The highest BCUT2D eigenvalue weighted by atomic mass is 35.5. The van der Waals surface area contributed by atoms with E-state index in [0.29, 0.717) is 11.1 Å². The van der Waals surface area contributed by atoms with Crippen molar-refractivity contribution in [2.75, 3.05) is 35.8 Å². The number of pyridine rings is 2. The number of β-amino-alcohol motifs (C(OH)–C–C–N with tert-alkyl or cyclic N) is 1. The highest BCUT2D eigenvalue weighted by Gasteiger charge is 2.31. The molecule has 4 N–H and O–H groups in total. The number of carbonyl (C=O) groups excluding carboxylic acids is 1. The summed E-state index contributed by atoms with van der Waals surface area (Å²) in [5, 5.41) is 16.4. The Hall–Kier alpha value is -3.91. The summed E-state index contributed by atoms with van der Waals surface area (Å²) in [6, 6.07) is 1.33. The maximum absolute atomic E-state index is 15.1. The molecule has 0 aliphatic carbocycles. The van der Waals surface area contributed by atoms with Crippen LogP contribution in [0.25, 0.3) is 16.7 Å². The fourth-order valence-electron chi connectivity index (χ4n) is 3.51. The molecule has 0 spiro atoms. The van der Waals surface area contributed by atoms with Gasteiger partial charge >= 0.3 is 0 Å². The maximum atomic E-state index is 15.1. The second-order valence-corrected chi connectivity index (χ2v) is 7.59. The van der Waals surface area contributed by atoms with Crippen molar-refractivity contribution in [3.63, 3.8) is 0 Å². The number of anilines is 3. The van der Waals surface area contributed by atoms with Gasteiger partial charge in [-0.2, -0.15) is 5.01 Å². The summed E-state index contributed by atoms with van der Waals surface area (Å²) in [5.41, 5.74) is 6.12. The third kappa shape index (κ3) is 3.76. The quantitative estimate of drug-likeness (QED) is 0.268. The molecule has 1 aliphatic heterocycles. The van der Waals surface area contributed by atoms with E-state index in [2.05, 4.69) is 20.9 Å². The van der Waals surface area contributed by atoms with Crippen LogP contribution in [0.3, 0.4) is 0 Å². The van der Waals surface area contributed by atoms with E-state index in [0.717, 1.165) is 16.8 Å². The van der Waals surface area contributed by atoms with E-state index >= 15 is 4.39 Å². The summed E-state index contributed by atoms with van der Waals surface area (Å²) in [6.45, 7) is 0.147. The molecule has 0 saturated carbocycles. The molecule has 3 aromatic rings. The van der Waals surface area contributed by atoms with E-state index in [9.17, 15) is 23.5 Å². The van der Waals surface area contributed by atoms with Crippen LogP contribution in [0.1, 0.15) is 0 Å². The first kappa shape index (κ1) is 23.3. The Balaban J connectivity index is 2.12. The van der Waals surface area contributed by atoms with E-state index in [1.165, 1.54) is 11.9 Å². The fourth-order valence-corrected chi connectivity index (χ4v) is 3.91. The molecule has 0 atom stereocenters. The summed E-state index contributed by atoms with van der Waals surface area (Å²) < 4.78 is 44.6. The lowest BCUT2D eigenvalue weighted by molar-refractivity contribution is -0.107. The summed E-state index contributed by atoms with van der Waals surface area (Å²) >= 11 is 6.49. The van der Waals surface area contributed by atoms with Crippen molar-refractivity contribution < 1.29 is 23.1 Å². The zero-order valence-corrected chi connectivity index (χ0v) is 18.1. The Labute approximate surface area is 193 Å². The first-order valence-electron chi connectivity index (χ1n) is 9.62. The number of rotatable bonds is 6. The average molecular weight is 497 g/mol. The molecule has 4 rings (SSSR count). The van der Waals surface area contributed by atoms with E-state index in [-0.39, 0.29) is 41.1 Å². The van der Waals surface area contributed by atoms with E-state index in [4.69, 9.17) is 17.3 Å². The smallest absolute Gasteiger partial charge is 0.236 e. The summed E-state index contributed by atoms with van der Waals surface area (Å²) in [6.07, 6.45) is 0.407. The lowest BCUT2D eigenvalue weighted by Gasteiger charge is -2.38. The number of nitrogens with two attached hydrogens (primary N) is 1. The number of halogens is 4. The van der Waals surface area contributed by atoms with Crippen LogP contribution >= 0.6 is 11.6 Å². The molecule has 178 valence electrons.